The fraction of sp³-hybridized carbons (Fsp3) is 0.200. The zero-order valence-corrected chi connectivity index (χ0v) is 13.8. The van der Waals surface area contributed by atoms with Gasteiger partial charge in [-0.1, -0.05) is 35.3 Å². The lowest BCUT2D eigenvalue weighted by Gasteiger charge is -2.30. The van der Waals surface area contributed by atoms with Crippen LogP contribution in [0, 0.1) is 0 Å². The fourth-order valence-corrected chi connectivity index (χ4v) is 4.18. The van der Waals surface area contributed by atoms with Crippen molar-refractivity contribution in [3.63, 3.8) is 0 Å². The molecule has 4 nitrogen and oxygen atoms in total. The number of ether oxygens (including phenoxy) is 1. The van der Waals surface area contributed by atoms with Crippen molar-refractivity contribution in [2.24, 2.45) is 0 Å². The number of hydrogen-bond acceptors (Lipinski definition) is 3. The van der Waals surface area contributed by atoms with Crippen LogP contribution in [0.5, 0.6) is 5.75 Å². The van der Waals surface area contributed by atoms with Gasteiger partial charge in [0, 0.05) is 10.0 Å². The second kappa shape index (κ2) is 5.99. The highest BCUT2D eigenvalue weighted by Gasteiger charge is 2.28. The molecule has 0 aliphatic carbocycles. The zero-order valence-electron chi connectivity index (χ0n) is 11.5. The monoisotopic (exact) mass is 357 g/mol. The van der Waals surface area contributed by atoms with Crippen LogP contribution in [0.15, 0.2) is 42.5 Å². The Morgan fingerprint density at radius 1 is 1.05 bits per heavy atom. The number of benzene rings is 2. The Balaban J connectivity index is 1.93. The Labute approximate surface area is 139 Å². The molecule has 0 fully saturated rings. The third kappa shape index (κ3) is 3.16. The van der Waals surface area contributed by atoms with Crippen molar-refractivity contribution in [1.29, 1.82) is 0 Å². The predicted octanol–water partition coefficient (Wildman–Crippen LogP) is 3.72. The first-order valence-corrected chi connectivity index (χ1v) is 8.99. The predicted molar refractivity (Wildman–Crippen MR) is 88.4 cm³/mol. The summed E-state index contributed by atoms with van der Waals surface area (Å²) in [7, 11) is -3.53. The van der Waals surface area contributed by atoms with Crippen molar-refractivity contribution in [1.82, 2.24) is 0 Å². The van der Waals surface area contributed by atoms with Gasteiger partial charge in [0.25, 0.3) is 0 Å². The zero-order chi connectivity index (χ0) is 15.7. The molecule has 7 heteroatoms. The molecule has 0 saturated heterocycles. The normalized spacial score (nSPS) is 14.4. The van der Waals surface area contributed by atoms with Gasteiger partial charge in [0.1, 0.15) is 12.4 Å². The first-order chi connectivity index (χ1) is 10.5. The van der Waals surface area contributed by atoms with Crippen LogP contribution in [0.2, 0.25) is 10.0 Å². The summed E-state index contributed by atoms with van der Waals surface area (Å²) in [6, 6.07) is 11.7. The van der Waals surface area contributed by atoms with Crippen LogP contribution in [0.25, 0.3) is 0 Å². The van der Waals surface area contributed by atoms with E-state index in [-0.39, 0.29) is 12.3 Å². The highest BCUT2D eigenvalue weighted by Crippen LogP contribution is 2.36. The number of rotatable bonds is 3. The SMILES string of the molecule is O=S(=O)(Cc1ccc(Cl)cc1)N1CCOc2ccc(Cl)cc21. The van der Waals surface area contributed by atoms with Gasteiger partial charge >= 0.3 is 0 Å². The van der Waals surface area contributed by atoms with E-state index in [1.165, 1.54) is 4.31 Å². The van der Waals surface area contributed by atoms with E-state index in [4.69, 9.17) is 27.9 Å². The largest absolute Gasteiger partial charge is 0.489 e. The summed E-state index contributed by atoms with van der Waals surface area (Å²) in [6.07, 6.45) is 0. The minimum Gasteiger partial charge on any atom is -0.489 e. The molecule has 0 aromatic heterocycles. The second-order valence-electron chi connectivity index (χ2n) is 4.92. The van der Waals surface area contributed by atoms with Crippen molar-refractivity contribution in [3.05, 3.63) is 58.1 Å². The van der Waals surface area contributed by atoms with Gasteiger partial charge in [0.2, 0.25) is 10.0 Å². The standard InChI is InChI=1S/C15H13Cl2NO3S/c16-12-3-1-11(2-4-12)10-22(19,20)18-7-8-21-15-6-5-13(17)9-14(15)18/h1-6,9H,7-8,10H2. The van der Waals surface area contributed by atoms with E-state index in [9.17, 15) is 8.42 Å². The van der Waals surface area contributed by atoms with Crippen LogP contribution < -0.4 is 9.04 Å². The molecule has 1 aliphatic rings. The van der Waals surface area contributed by atoms with Crippen LogP contribution in [0.1, 0.15) is 5.56 Å². The summed E-state index contributed by atoms with van der Waals surface area (Å²) in [5, 5.41) is 1.04. The molecule has 116 valence electrons. The number of fused-ring (bicyclic) bond motifs is 1. The maximum absolute atomic E-state index is 12.7. The van der Waals surface area contributed by atoms with Gasteiger partial charge < -0.3 is 4.74 Å². The molecule has 3 rings (SSSR count). The van der Waals surface area contributed by atoms with Gasteiger partial charge in [-0.2, -0.15) is 0 Å². The molecule has 0 unspecified atom stereocenters. The van der Waals surface area contributed by atoms with Gasteiger partial charge in [0.05, 0.1) is 18.0 Å². The number of hydrogen-bond donors (Lipinski definition) is 0. The molecule has 1 aliphatic heterocycles. The molecule has 0 saturated carbocycles. The van der Waals surface area contributed by atoms with Crippen LogP contribution in [-0.2, 0) is 15.8 Å². The maximum atomic E-state index is 12.7. The minimum absolute atomic E-state index is 0.101. The van der Waals surface area contributed by atoms with E-state index >= 15 is 0 Å². The molecular weight excluding hydrogens is 345 g/mol. The lowest BCUT2D eigenvalue weighted by molar-refractivity contribution is 0.316. The second-order valence-corrected chi connectivity index (χ2v) is 7.68. The Bertz CT molecular complexity index is 791. The smallest absolute Gasteiger partial charge is 0.239 e. The molecule has 0 spiro atoms. The molecule has 0 radical (unpaired) electrons. The van der Waals surface area contributed by atoms with E-state index in [0.717, 1.165) is 0 Å². The lowest BCUT2D eigenvalue weighted by atomic mass is 10.2. The van der Waals surface area contributed by atoms with Crippen molar-refractivity contribution in [2.75, 3.05) is 17.5 Å². The summed E-state index contributed by atoms with van der Waals surface area (Å²) in [5.41, 5.74) is 1.16. The highest BCUT2D eigenvalue weighted by atomic mass is 35.5. The van der Waals surface area contributed by atoms with Crippen LogP contribution >= 0.6 is 23.2 Å². The minimum atomic E-state index is -3.53. The molecule has 0 atom stereocenters. The average molecular weight is 358 g/mol. The molecule has 22 heavy (non-hydrogen) atoms. The van der Waals surface area contributed by atoms with Crippen LogP contribution in [0.4, 0.5) is 5.69 Å². The molecule has 0 amide bonds. The summed E-state index contributed by atoms with van der Waals surface area (Å²) >= 11 is 11.8. The Morgan fingerprint density at radius 3 is 2.45 bits per heavy atom. The molecular formula is C15H13Cl2NO3S. The van der Waals surface area contributed by atoms with Gasteiger partial charge in [-0.3, -0.25) is 4.31 Å². The number of halogens is 2. The average Bonchev–Trinajstić information content (AvgIpc) is 2.48. The third-order valence-electron chi connectivity index (χ3n) is 3.34. The number of nitrogens with zero attached hydrogens (tertiary/aromatic N) is 1. The summed E-state index contributed by atoms with van der Waals surface area (Å²) < 4.78 is 32.3. The topological polar surface area (TPSA) is 46.6 Å². The van der Waals surface area contributed by atoms with Gasteiger partial charge in [0.15, 0.2) is 0 Å². The molecule has 2 aromatic carbocycles. The fourth-order valence-electron chi connectivity index (χ4n) is 2.32. The van der Waals surface area contributed by atoms with E-state index in [1.54, 1.807) is 42.5 Å². The van der Waals surface area contributed by atoms with E-state index in [0.29, 0.717) is 33.7 Å². The third-order valence-corrected chi connectivity index (χ3v) is 5.58. The van der Waals surface area contributed by atoms with Gasteiger partial charge in [-0.15, -0.1) is 0 Å². The Morgan fingerprint density at radius 2 is 1.73 bits per heavy atom. The molecule has 0 N–H and O–H groups in total. The molecule has 0 bridgehead atoms. The number of sulfonamides is 1. The van der Waals surface area contributed by atoms with Crippen molar-refractivity contribution in [2.45, 2.75) is 5.75 Å². The summed E-state index contributed by atoms with van der Waals surface area (Å²) in [6.45, 7) is 0.581. The summed E-state index contributed by atoms with van der Waals surface area (Å²) in [4.78, 5) is 0. The highest BCUT2D eigenvalue weighted by molar-refractivity contribution is 7.92. The molecule has 1 heterocycles. The van der Waals surface area contributed by atoms with Gasteiger partial charge in [-0.25, -0.2) is 8.42 Å². The van der Waals surface area contributed by atoms with Crippen molar-refractivity contribution < 1.29 is 13.2 Å². The van der Waals surface area contributed by atoms with Crippen molar-refractivity contribution in [3.8, 4) is 5.75 Å². The van der Waals surface area contributed by atoms with E-state index in [1.807, 2.05) is 0 Å². The number of anilines is 1. The van der Waals surface area contributed by atoms with Gasteiger partial charge in [-0.05, 0) is 35.9 Å². The quantitative estimate of drug-likeness (QED) is 0.840. The van der Waals surface area contributed by atoms with E-state index in [2.05, 4.69) is 0 Å². The van der Waals surface area contributed by atoms with Crippen LogP contribution in [0.3, 0.4) is 0 Å². The van der Waals surface area contributed by atoms with Crippen LogP contribution in [-0.4, -0.2) is 21.6 Å². The Kier molecular flexibility index (Phi) is 4.21. The van der Waals surface area contributed by atoms with E-state index < -0.39 is 10.0 Å². The first kappa shape index (κ1) is 15.5. The first-order valence-electron chi connectivity index (χ1n) is 6.63. The Hall–Kier alpha value is -1.43. The van der Waals surface area contributed by atoms with Crippen molar-refractivity contribution >= 4 is 38.9 Å². The maximum Gasteiger partial charge on any atom is 0.239 e. The lowest BCUT2D eigenvalue weighted by Crippen LogP contribution is -2.38. The summed E-state index contributed by atoms with van der Waals surface area (Å²) in [5.74, 6) is 0.422. The molecule has 2 aromatic rings.